The van der Waals surface area contributed by atoms with Gasteiger partial charge in [0, 0.05) is 32.4 Å². The Morgan fingerprint density at radius 3 is 2.54 bits per heavy atom. The summed E-state index contributed by atoms with van der Waals surface area (Å²) >= 11 is 12.3. The number of rotatable bonds is 7. The zero-order valence-electron chi connectivity index (χ0n) is 27.5. The third-order valence-corrected chi connectivity index (χ3v) is 9.60. The number of amides is 2. The Morgan fingerprint density at radius 2 is 1.87 bits per heavy atom. The summed E-state index contributed by atoms with van der Waals surface area (Å²) in [5, 5.41) is 21.9. The Labute approximate surface area is 302 Å². The number of piperazine rings is 1. The number of carbonyl (C=O) groups is 2. The number of nitrogens with one attached hydrogen (secondary N) is 1. The van der Waals surface area contributed by atoms with E-state index in [1.165, 1.54) is 23.0 Å². The first-order valence-electron chi connectivity index (χ1n) is 16.2. The van der Waals surface area contributed by atoms with Crippen molar-refractivity contribution in [2.45, 2.75) is 32.5 Å². The van der Waals surface area contributed by atoms with Crippen molar-refractivity contribution in [1.82, 2.24) is 33.7 Å². The molecule has 14 nitrogen and oxygen atoms in total. The van der Waals surface area contributed by atoms with E-state index in [0.717, 1.165) is 28.3 Å². The van der Waals surface area contributed by atoms with Gasteiger partial charge in [0.2, 0.25) is 11.7 Å². The topological polar surface area (TPSA) is 152 Å². The SMILES string of the molecule is CCc1c(N2CCN(C(=O)c3ccn4ncc(Cl)c4c3O)CC2)c(=O)n2nc(C3=CCOCC3)nc2n1CC(=O)Nc1ccc(C(F)(F)F)cc1Cl. The number of carbonyl (C=O) groups excluding carboxylic acids is 2. The zero-order valence-corrected chi connectivity index (χ0v) is 29.0. The molecule has 5 aromatic rings. The zero-order chi connectivity index (χ0) is 36.9. The minimum atomic E-state index is -4.62. The van der Waals surface area contributed by atoms with Gasteiger partial charge in [0.15, 0.2) is 11.6 Å². The minimum absolute atomic E-state index is 0.0222. The number of pyridine rings is 1. The number of anilines is 2. The summed E-state index contributed by atoms with van der Waals surface area (Å²) in [6.45, 7) is 3.07. The molecule has 2 N–H and O–H groups in total. The summed E-state index contributed by atoms with van der Waals surface area (Å²) in [6.07, 6.45) is 0.894. The van der Waals surface area contributed by atoms with Crippen LogP contribution in [-0.2, 0) is 28.7 Å². The second-order valence-electron chi connectivity index (χ2n) is 12.1. The van der Waals surface area contributed by atoms with Gasteiger partial charge in [0.05, 0.1) is 52.0 Å². The van der Waals surface area contributed by atoms with Crippen molar-refractivity contribution in [3.63, 3.8) is 0 Å². The lowest BCUT2D eigenvalue weighted by Gasteiger charge is -2.37. The molecule has 272 valence electrons. The second kappa shape index (κ2) is 13.8. The lowest BCUT2D eigenvalue weighted by atomic mass is 10.1. The van der Waals surface area contributed by atoms with Crippen LogP contribution in [0.4, 0.5) is 24.5 Å². The van der Waals surface area contributed by atoms with Crippen LogP contribution in [0.3, 0.4) is 0 Å². The van der Waals surface area contributed by atoms with Crippen molar-refractivity contribution in [2.24, 2.45) is 0 Å². The lowest BCUT2D eigenvalue weighted by Crippen LogP contribution is -2.51. The maximum atomic E-state index is 14.2. The molecular weight excluding hydrogens is 730 g/mol. The highest BCUT2D eigenvalue weighted by atomic mass is 35.5. The molecule has 0 unspecified atom stereocenters. The normalized spacial score (nSPS) is 15.4. The van der Waals surface area contributed by atoms with Gasteiger partial charge in [-0.1, -0.05) is 36.2 Å². The van der Waals surface area contributed by atoms with E-state index in [0.29, 0.717) is 31.2 Å². The van der Waals surface area contributed by atoms with Crippen molar-refractivity contribution < 1.29 is 32.6 Å². The third-order valence-electron chi connectivity index (χ3n) is 9.01. The largest absolute Gasteiger partial charge is 0.505 e. The number of benzene rings is 1. The van der Waals surface area contributed by atoms with Gasteiger partial charge in [0.25, 0.3) is 11.5 Å². The molecule has 1 aromatic carbocycles. The van der Waals surface area contributed by atoms with Crippen molar-refractivity contribution in [3.05, 3.63) is 85.8 Å². The highest BCUT2D eigenvalue weighted by molar-refractivity contribution is 6.34. The number of aromatic nitrogens is 6. The molecule has 0 bridgehead atoms. The van der Waals surface area contributed by atoms with Crippen LogP contribution in [0.2, 0.25) is 10.0 Å². The highest BCUT2D eigenvalue weighted by Gasteiger charge is 2.32. The fourth-order valence-electron chi connectivity index (χ4n) is 6.43. The molecular formula is C33H30Cl2F3N9O5. The number of halogens is 5. The molecule has 6 heterocycles. The van der Waals surface area contributed by atoms with Crippen LogP contribution in [0.15, 0.2) is 47.5 Å². The summed E-state index contributed by atoms with van der Waals surface area (Å²) in [5.41, 5.74) is 0.298. The van der Waals surface area contributed by atoms with Crippen LogP contribution >= 0.6 is 23.2 Å². The standard InChI is InChI=1S/C33H30Cl2F3N9O5/c1-2-24-27(43-9-11-44(12-10-43)30(50)20-5-8-46-26(28(20)49)22(35)16-39-46)31(51)47-32(41-29(42-47)18-6-13-52-14-7-18)45(24)17-25(48)40-23-4-3-19(15-21(23)34)33(36,37)38/h3-6,8,15-16,49H,2,7,9-14,17H2,1H3,(H,40,48). The molecule has 2 aliphatic rings. The average Bonchev–Trinajstić information content (AvgIpc) is 3.75. The van der Waals surface area contributed by atoms with Gasteiger partial charge in [-0.15, -0.1) is 5.10 Å². The summed E-state index contributed by atoms with van der Waals surface area (Å²) in [7, 11) is 0. The molecule has 0 atom stereocenters. The monoisotopic (exact) mass is 759 g/mol. The first kappa shape index (κ1) is 35.3. The summed E-state index contributed by atoms with van der Waals surface area (Å²) < 4.78 is 49.1. The summed E-state index contributed by atoms with van der Waals surface area (Å²) in [6, 6.07) is 4.08. The first-order chi connectivity index (χ1) is 24.8. The molecule has 1 saturated heterocycles. The van der Waals surface area contributed by atoms with Gasteiger partial charge in [0.1, 0.15) is 17.7 Å². The molecule has 2 amide bonds. The number of hydrogen-bond acceptors (Lipinski definition) is 9. The van der Waals surface area contributed by atoms with Crippen molar-refractivity contribution in [2.75, 3.05) is 49.6 Å². The van der Waals surface area contributed by atoms with Gasteiger partial charge >= 0.3 is 6.18 Å². The number of fused-ring (bicyclic) bond motifs is 2. The third kappa shape index (κ3) is 6.43. The van der Waals surface area contributed by atoms with Crippen molar-refractivity contribution in [1.29, 1.82) is 0 Å². The molecule has 19 heteroatoms. The van der Waals surface area contributed by atoms with E-state index in [2.05, 4.69) is 20.5 Å². The fourth-order valence-corrected chi connectivity index (χ4v) is 6.87. The summed E-state index contributed by atoms with van der Waals surface area (Å²) in [4.78, 5) is 49.3. The van der Waals surface area contributed by atoms with Gasteiger partial charge in [-0.3, -0.25) is 14.4 Å². The van der Waals surface area contributed by atoms with Crippen LogP contribution in [-0.4, -0.2) is 90.0 Å². The van der Waals surface area contributed by atoms with Gasteiger partial charge in [-0.25, -0.2) is 4.52 Å². The van der Waals surface area contributed by atoms with Crippen LogP contribution in [0, 0.1) is 0 Å². The molecule has 0 saturated carbocycles. The van der Waals surface area contributed by atoms with Crippen molar-refractivity contribution in [3.8, 4) is 5.75 Å². The number of ether oxygens (including phenoxy) is 1. The van der Waals surface area contributed by atoms with Crippen LogP contribution in [0.1, 0.15) is 40.8 Å². The highest BCUT2D eigenvalue weighted by Crippen LogP contribution is 2.34. The molecule has 0 aliphatic carbocycles. The molecule has 2 aliphatic heterocycles. The predicted molar refractivity (Wildman–Crippen MR) is 185 cm³/mol. The minimum Gasteiger partial charge on any atom is -0.505 e. The van der Waals surface area contributed by atoms with Gasteiger partial charge < -0.3 is 29.5 Å². The maximum absolute atomic E-state index is 14.2. The Hall–Kier alpha value is -5.13. The van der Waals surface area contributed by atoms with E-state index in [9.17, 15) is 32.7 Å². The lowest BCUT2D eigenvalue weighted by molar-refractivity contribution is -0.137. The van der Waals surface area contributed by atoms with Crippen LogP contribution < -0.4 is 15.8 Å². The number of aromatic hydroxyl groups is 1. The number of alkyl halides is 3. The molecule has 0 spiro atoms. The van der Waals surface area contributed by atoms with Crippen LogP contribution in [0.25, 0.3) is 16.9 Å². The Bertz CT molecular complexity index is 2330. The Kier molecular flexibility index (Phi) is 9.35. The maximum Gasteiger partial charge on any atom is 0.416 e. The van der Waals surface area contributed by atoms with Gasteiger partial charge in [-0.05, 0) is 42.7 Å². The molecule has 52 heavy (non-hydrogen) atoms. The quantitative estimate of drug-likeness (QED) is 0.244. The predicted octanol–water partition coefficient (Wildman–Crippen LogP) is 4.54. The number of hydrogen-bond donors (Lipinski definition) is 2. The van der Waals surface area contributed by atoms with E-state index in [-0.39, 0.29) is 83.2 Å². The van der Waals surface area contributed by atoms with E-state index in [1.54, 1.807) is 9.47 Å². The average molecular weight is 761 g/mol. The molecule has 1 fully saturated rings. The van der Waals surface area contributed by atoms with E-state index >= 15 is 0 Å². The smallest absolute Gasteiger partial charge is 0.416 e. The Balaban J connectivity index is 1.21. The second-order valence-corrected chi connectivity index (χ2v) is 12.9. The summed E-state index contributed by atoms with van der Waals surface area (Å²) in [5.74, 6) is -0.959. The molecule has 0 radical (unpaired) electrons. The molecule has 7 rings (SSSR count). The number of nitrogens with zero attached hydrogens (tertiary/aromatic N) is 8. The van der Waals surface area contributed by atoms with E-state index in [1.807, 2.05) is 17.9 Å². The Morgan fingerprint density at radius 1 is 1.10 bits per heavy atom. The van der Waals surface area contributed by atoms with Gasteiger partial charge in [-0.2, -0.15) is 27.8 Å². The molecule has 4 aromatic heterocycles. The van der Waals surface area contributed by atoms with E-state index < -0.39 is 29.1 Å². The van der Waals surface area contributed by atoms with Crippen LogP contribution in [0.5, 0.6) is 5.75 Å². The first-order valence-corrected chi connectivity index (χ1v) is 17.0. The van der Waals surface area contributed by atoms with Crippen molar-refractivity contribution >= 4 is 63.3 Å². The fraction of sp³-hybridized carbons (Fsp3) is 0.333. The van der Waals surface area contributed by atoms with E-state index in [4.69, 9.17) is 27.9 Å².